The smallest absolute Gasteiger partial charge is 0.328 e. The van der Waals surface area contributed by atoms with Gasteiger partial charge in [0.05, 0.1) is 10.7 Å². The minimum Gasteiger partial charge on any atom is -0.493 e. The second-order valence-electron chi connectivity index (χ2n) is 3.31. The molecule has 0 heterocycles. The van der Waals surface area contributed by atoms with Crippen molar-refractivity contribution in [3.63, 3.8) is 0 Å². The van der Waals surface area contributed by atoms with Gasteiger partial charge in [0.25, 0.3) is 0 Å². The van der Waals surface area contributed by atoms with Crippen LogP contribution in [0.1, 0.15) is 5.56 Å². The molecule has 1 N–H and O–H groups in total. The van der Waals surface area contributed by atoms with Crippen molar-refractivity contribution in [1.29, 1.82) is 0 Å². The Labute approximate surface area is 119 Å². The standard InChI is InChI=1S/C13H13IO4/c1-3-6-18-13-10(14)7-9(4-5-12(15)16)8-11(13)17-2/h3-5,7-8H,1,6H2,2H3,(H,15,16)/b5-4+. The maximum absolute atomic E-state index is 10.5. The number of rotatable bonds is 6. The summed E-state index contributed by atoms with van der Waals surface area (Å²) < 4.78 is 11.6. The predicted molar refractivity (Wildman–Crippen MR) is 78.1 cm³/mol. The fourth-order valence-corrected chi connectivity index (χ4v) is 2.07. The second kappa shape index (κ2) is 7.05. The molecule has 0 aromatic heterocycles. The SMILES string of the molecule is C=CCOc1c(I)cc(/C=C/C(=O)O)cc1OC. The molecule has 4 nitrogen and oxygen atoms in total. The lowest BCUT2D eigenvalue weighted by atomic mass is 10.2. The van der Waals surface area contributed by atoms with E-state index in [4.69, 9.17) is 14.6 Å². The van der Waals surface area contributed by atoms with Gasteiger partial charge in [0.2, 0.25) is 0 Å². The number of benzene rings is 1. The highest BCUT2D eigenvalue weighted by molar-refractivity contribution is 14.1. The van der Waals surface area contributed by atoms with Gasteiger partial charge < -0.3 is 14.6 Å². The molecule has 0 atom stereocenters. The van der Waals surface area contributed by atoms with Crippen LogP contribution < -0.4 is 9.47 Å². The highest BCUT2D eigenvalue weighted by Crippen LogP contribution is 2.34. The van der Waals surface area contributed by atoms with Crippen LogP contribution in [0.5, 0.6) is 11.5 Å². The number of carbonyl (C=O) groups is 1. The van der Waals surface area contributed by atoms with Gasteiger partial charge >= 0.3 is 5.97 Å². The third-order valence-electron chi connectivity index (χ3n) is 2.02. The number of aliphatic carboxylic acids is 1. The molecule has 96 valence electrons. The molecular weight excluding hydrogens is 347 g/mol. The summed E-state index contributed by atoms with van der Waals surface area (Å²) in [6.45, 7) is 3.97. The Bertz CT molecular complexity index is 480. The van der Waals surface area contributed by atoms with E-state index in [2.05, 4.69) is 29.2 Å². The van der Waals surface area contributed by atoms with Crippen LogP contribution in [0, 0.1) is 3.57 Å². The highest BCUT2D eigenvalue weighted by atomic mass is 127. The van der Waals surface area contributed by atoms with Gasteiger partial charge in [-0.15, -0.1) is 0 Å². The monoisotopic (exact) mass is 360 g/mol. The van der Waals surface area contributed by atoms with Crippen molar-refractivity contribution in [2.24, 2.45) is 0 Å². The normalized spacial score (nSPS) is 10.3. The first-order chi connectivity index (χ1) is 8.58. The topological polar surface area (TPSA) is 55.8 Å². The third-order valence-corrected chi connectivity index (χ3v) is 2.82. The van der Waals surface area contributed by atoms with E-state index in [-0.39, 0.29) is 0 Å². The Morgan fingerprint density at radius 3 is 2.83 bits per heavy atom. The fraction of sp³-hybridized carbons (Fsp3) is 0.154. The average molecular weight is 360 g/mol. The maximum Gasteiger partial charge on any atom is 0.328 e. The molecule has 0 fully saturated rings. The van der Waals surface area contributed by atoms with Crippen LogP contribution in [0.2, 0.25) is 0 Å². The number of carboxylic acids is 1. The Morgan fingerprint density at radius 1 is 1.56 bits per heavy atom. The van der Waals surface area contributed by atoms with E-state index >= 15 is 0 Å². The van der Waals surface area contributed by atoms with E-state index in [1.54, 1.807) is 12.1 Å². The van der Waals surface area contributed by atoms with Gasteiger partial charge in [-0.05, 0) is 46.4 Å². The lowest BCUT2D eigenvalue weighted by molar-refractivity contribution is -0.131. The van der Waals surface area contributed by atoms with Crippen molar-refractivity contribution in [2.45, 2.75) is 0 Å². The fourth-order valence-electron chi connectivity index (χ4n) is 1.29. The predicted octanol–water partition coefficient (Wildman–Crippen LogP) is 2.96. The molecule has 0 amide bonds. The van der Waals surface area contributed by atoms with E-state index in [1.807, 2.05) is 6.07 Å². The molecule has 1 aromatic carbocycles. The largest absolute Gasteiger partial charge is 0.493 e. The maximum atomic E-state index is 10.5. The molecule has 0 unspecified atom stereocenters. The molecule has 0 aliphatic heterocycles. The Morgan fingerprint density at radius 2 is 2.28 bits per heavy atom. The van der Waals surface area contributed by atoms with E-state index < -0.39 is 5.97 Å². The van der Waals surface area contributed by atoms with Crippen LogP contribution in [0.4, 0.5) is 0 Å². The first-order valence-corrected chi connectivity index (χ1v) is 6.18. The summed E-state index contributed by atoms with van der Waals surface area (Å²) in [5, 5.41) is 8.59. The summed E-state index contributed by atoms with van der Waals surface area (Å²) in [7, 11) is 1.54. The van der Waals surface area contributed by atoms with Gasteiger partial charge in [-0.3, -0.25) is 0 Å². The number of carboxylic acid groups (broad SMARTS) is 1. The molecule has 5 heteroatoms. The van der Waals surface area contributed by atoms with E-state index in [1.165, 1.54) is 13.2 Å². The van der Waals surface area contributed by atoms with E-state index in [0.29, 0.717) is 18.1 Å². The third kappa shape index (κ3) is 4.06. The highest BCUT2D eigenvalue weighted by Gasteiger charge is 2.10. The van der Waals surface area contributed by atoms with Gasteiger partial charge in [0.15, 0.2) is 11.5 Å². The number of methoxy groups -OCH3 is 1. The Kier molecular flexibility index (Phi) is 5.70. The molecule has 0 radical (unpaired) electrons. The van der Waals surface area contributed by atoms with Gasteiger partial charge in [0, 0.05) is 6.08 Å². The molecule has 0 saturated carbocycles. The zero-order valence-corrected chi connectivity index (χ0v) is 12.0. The minimum atomic E-state index is -0.990. The van der Waals surface area contributed by atoms with E-state index in [9.17, 15) is 4.79 Å². The Hall–Kier alpha value is -1.50. The molecule has 0 bridgehead atoms. The second-order valence-corrected chi connectivity index (χ2v) is 4.47. The van der Waals surface area contributed by atoms with Crippen molar-refractivity contribution in [1.82, 2.24) is 0 Å². The summed E-state index contributed by atoms with van der Waals surface area (Å²) in [6.07, 6.45) is 4.23. The summed E-state index contributed by atoms with van der Waals surface area (Å²) in [5.74, 6) is 0.204. The van der Waals surface area contributed by atoms with Crippen molar-refractivity contribution >= 4 is 34.6 Å². The summed E-state index contributed by atoms with van der Waals surface area (Å²) in [6, 6.07) is 3.54. The van der Waals surface area contributed by atoms with Gasteiger partial charge in [-0.1, -0.05) is 12.7 Å². The van der Waals surface area contributed by atoms with Gasteiger partial charge in [-0.2, -0.15) is 0 Å². The number of halogens is 1. The number of hydrogen-bond donors (Lipinski definition) is 1. The lowest BCUT2D eigenvalue weighted by Gasteiger charge is -2.12. The molecule has 0 aliphatic carbocycles. The van der Waals surface area contributed by atoms with Gasteiger partial charge in [0.1, 0.15) is 6.61 Å². The zero-order chi connectivity index (χ0) is 13.5. The van der Waals surface area contributed by atoms with Crippen LogP contribution in [0.15, 0.2) is 30.9 Å². The van der Waals surface area contributed by atoms with Crippen molar-refractivity contribution in [3.05, 3.63) is 40.0 Å². The Balaban J connectivity index is 3.09. The van der Waals surface area contributed by atoms with Crippen LogP contribution in [-0.2, 0) is 4.79 Å². The number of ether oxygens (including phenoxy) is 2. The molecule has 0 saturated heterocycles. The summed E-state index contributed by atoms with van der Waals surface area (Å²) >= 11 is 2.11. The first kappa shape index (κ1) is 14.6. The molecule has 0 spiro atoms. The molecule has 1 rings (SSSR count). The first-order valence-electron chi connectivity index (χ1n) is 5.10. The quantitative estimate of drug-likeness (QED) is 0.482. The van der Waals surface area contributed by atoms with E-state index in [0.717, 1.165) is 15.2 Å². The molecule has 18 heavy (non-hydrogen) atoms. The molecule has 1 aromatic rings. The molecular formula is C13H13IO4. The van der Waals surface area contributed by atoms with Crippen LogP contribution in [0.3, 0.4) is 0 Å². The minimum absolute atomic E-state index is 0.386. The number of hydrogen-bond acceptors (Lipinski definition) is 3. The van der Waals surface area contributed by atoms with Crippen LogP contribution in [0.25, 0.3) is 6.08 Å². The van der Waals surface area contributed by atoms with Crippen molar-refractivity contribution < 1.29 is 19.4 Å². The van der Waals surface area contributed by atoms with Crippen molar-refractivity contribution in [2.75, 3.05) is 13.7 Å². The summed E-state index contributed by atoms with van der Waals surface area (Å²) in [4.78, 5) is 10.5. The van der Waals surface area contributed by atoms with Gasteiger partial charge in [-0.25, -0.2) is 4.79 Å². The molecule has 0 aliphatic rings. The van der Waals surface area contributed by atoms with Crippen LogP contribution in [-0.4, -0.2) is 24.8 Å². The summed E-state index contributed by atoms with van der Waals surface area (Å²) in [5.41, 5.74) is 0.740. The lowest BCUT2D eigenvalue weighted by Crippen LogP contribution is -1.99. The van der Waals surface area contributed by atoms with Crippen LogP contribution >= 0.6 is 22.6 Å². The average Bonchev–Trinajstić information content (AvgIpc) is 2.34. The zero-order valence-electron chi connectivity index (χ0n) is 9.85. The van der Waals surface area contributed by atoms with Crippen molar-refractivity contribution in [3.8, 4) is 11.5 Å².